The van der Waals surface area contributed by atoms with Gasteiger partial charge in [0.25, 0.3) is 0 Å². The van der Waals surface area contributed by atoms with Gasteiger partial charge in [0, 0.05) is 18.6 Å². The number of nitrogens with zero attached hydrogens (tertiary/aromatic N) is 1. The van der Waals surface area contributed by atoms with Crippen LogP contribution in [0.15, 0.2) is 24.3 Å². The fourth-order valence-electron chi connectivity index (χ4n) is 3.36. The zero-order chi connectivity index (χ0) is 14.4. The molecule has 0 saturated heterocycles. The van der Waals surface area contributed by atoms with Crippen molar-refractivity contribution in [3.8, 4) is 0 Å². The van der Waals surface area contributed by atoms with Crippen LogP contribution in [-0.4, -0.2) is 25.7 Å². The first kappa shape index (κ1) is 15.3. The van der Waals surface area contributed by atoms with Crippen molar-refractivity contribution in [2.24, 2.45) is 0 Å². The first-order valence-corrected chi connectivity index (χ1v) is 7.89. The summed E-state index contributed by atoms with van der Waals surface area (Å²) < 4.78 is 13.9. The molecular formula is C17H27FN2. The number of nitrogens with one attached hydrogen (secondary N) is 1. The van der Waals surface area contributed by atoms with Crippen molar-refractivity contribution < 1.29 is 4.39 Å². The van der Waals surface area contributed by atoms with E-state index in [4.69, 9.17) is 0 Å². The van der Waals surface area contributed by atoms with Crippen LogP contribution in [0.1, 0.15) is 45.4 Å². The van der Waals surface area contributed by atoms with E-state index in [1.54, 1.807) is 12.1 Å². The van der Waals surface area contributed by atoms with E-state index in [0.29, 0.717) is 0 Å². The van der Waals surface area contributed by atoms with Crippen LogP contribution in [0.4, 0.5) is 10.1 Å². The average molecular weight is 278 g/mol. The fourth-order valence-corrected chi connectivity index (χ4v) is 3.36. The SMILES string of the molecule is CCN(CCC1(NC)CCCCC1)c1ccccc1F. The highest BCUT2D eigenvalue weighted by molar-refractivity contribution is 5.47. The second-order valence-corrected chi connectivity index (χ2v) is 5.87. The van der Waals surface area contributed by atoms with Crippen molar-refractivity contribution in [2.75, 3.05) is 25.0 Å². The van der Waals surface area contributed by atoms with Gasteiger partial charge in [-0.05, 0) is 45.4 Å². The zero-order valence-electron chi connectivity index (χ0n) is 12.8. The molecule has 1 fully saturated rings. The summed E-state index contributed by atoms with van der Waals surface area (Å²) >= 11 is 0. The number of para-hydroxylation sites is 1. The van der Waals surface area contributed by atoms with Crippen LogP contribution < -0.4 is 10.2 Å². The molecule has 1 aliphatic rings. The van der Waals surface area contributed by atoms with Crippen molar-refractivity contribution in [1.82, 2.24) is 5.32 Å². The van der Waals surface area contributed by atoms with Gasteiger partial charge in [0.2, 0.25) is 0 Å². The highest BCUT2D eigenvalue weighted by atomic mass is 19.1. The maximum atomic E-state index is 13.9. The van der Waals surface area contributed by atoms with Gasteiger partial charge in [0.05, 0.1) is 5.69 Å². The minimum Gasteiger partial charge on any atom is -0.369 e. The molecule has 1 saturated carbocycles. The van der Waals surface area contributed by atoms with Gasteiger partial charge in [-0.1, -0.05) is 31.4 Å². The molecule has 0 amide bonds. The van der Waals surface area contributed by atoms with Crippen LogP contribution in [0.2, 0.25) is 0 Å². The van der Waals surface area contributed by atoms with Crippen LogP contribution in [0.25, 0.3) is 0 Å². The molecule has 0 heterocycles. The maximum absolute atomic E-state index is 13.9. The monoisotopic (exact) mass is 278 g/mol. The van der Waals surface area contributed by atoms with E-state index >= 15 is 0 Å². The smallest absolute Gasteiger partial charge is 0.146 e. The minimum absolute atomic E-state index is 0.114. The van der Waals surface area contributed by atoms with Gasteiger partial charge in [-0.25, -0.2) is 4.39 Å². The Morgan fingerprint density at radius 2 is 1.90 bits per heavy atom. The Kier molecular flexibility index (Phi) is 5.41. The summed E-state index contributed by atoms with van der Waals surface area (Å²) in [5.41, 5.74) is 0.994. The predicted octanol–water partition coefficient (Wildman–Crippen LogP) is 3.96. The summed E-state index contributed by atoms with van der Waals surface area (Å²) in [5, 5.41) is 3.54. The molecule has 0 atom stereocenters. The Hall–Kier alpha value is -1.09. The highest BCUT2D eigenvalue weighted by Crippen LogP contribution is 2.31. The van der Waals surface area contributed by atoms with Crippen LogP contribution in [-0.2, 0) is 0 Å². The van der Waals surface area contributed by atoms with Crippen LogP contribution in [0, 0.1) is 5.82 Å². The lowest BCUT2D eigenvalue weighted by Gasteiger charge is -2.39. The number of benzene rings is 1. The van der Waals surface area contributed by atoms with E-state index in [-0.39, 0.29) is 11.4 Å². The van der Waals surface area contributed by atoms with Gasteiger partial charge in [-0.3, -0.25) is 0 Å². The second kappa shape index (κ2) is 7.07. The molecule has 1 aromatic rings. The summed E-state index contributed by atoms with van der Waals surface area (Å²) in [7, 11) is 2.07. The van der Waals surface area contributed by atoms with Crippen LogP contribution >= 0.6 is 0 Å². The Morgan fingerprint density at radius 1 is 1.20 bits per heavy atom. The van der Waals surface area contributed by atoms with Gasteiger partial charge in [-0.15, -0.1) is 0 Å². The van der Waals surface area contributed by atoms with E-state index in [2.05, 4.69) is 24.2 Å². The molecule has 112 valence electrons. The first-order valence-electron chi connectivity index (χ1n) is 7.89. The van der Waals surface area contributed by atoms with E-state index in [0.717, 1.165) is 25.2 Å². The van der Waals surface area contributed by atoms with Crippen LogP contribution in [0.5, 0.6) is 0 Å². The standard InChI is InChI=1S/C17H27FN2/c1-3-20(16-10-6-5-9-15(16)18)14-13-17(19-2)11-7-4-8-12-17/h5-6,9-10,19H,3-4,7-8,11-14H2,1-2H3. The van der Waals surface area contributed by atoms with Gasteiger partial charge in [0.1, 0.15) is 5.82 Å². The van der Waals surface area contributed by atoms with Gasteiger partial charge < -0.3 is 10.2 Å². The van der Waals surface area contributed by atoms with Crippen molar-refractivity contribution in [3.63, 3.8) is 0 Å². The quantitative estimate of drug-likeness (QED) is 0.847. The Bertz CT molecular complexity index is 413. The third kappa shape index (κ3) is 3.51. The van der Waals surface area contributed by atoms with Crippen molar-refractivity contribution in [3.05, 3.63) is 30.1 Å². The molecular weight excluding hydrogens is 251 g/mol. The molecule has 1 aromatic carbocycles. The number of hydrogen-bond acceptors (Lipinski definition) is 2. The highest BCUT2D eigenvalue weighted by Gasteiger charge is 2.30. The third-order valence-electron chi connectivity index (χ3n) is 4.78. The van der Waals surface area contributed by atoms with Crippen molar-refractivity contribution in [2.45, 2.75) is 51.0 Å². The maximum Gasteiger partial charge on any atom is 0.146 e. The molecule has 0 radical (unpaired) electrons. The summed E-state index contributed by atoms with van der Waals surface area (Å²) in [4.78, 5) is 2.16. The Morgan fingerprint density at radius 3 is 2.50 bits per heavy atom. The summed E-state index contributed by atoms with van der Waals surface area (Å²) in [6, 6.07) is 7.09. The third-order valence-corrected chi connectivity index (χ3v) is 4.78. The van der Waals surface area contributed by atoms with Crippen molar-refractivity contribution in [1.29, 1.82) is 0 Å². The molecule has 0 aromatic heterocycles. The number of rotatable bonds is 6. The van der Waals surface area contributed by atoms with Gasteiger partial charge >= 0.3 is 0 Å². The minimum atomic E-state index is -0.114. The van der Waals surface area contributed by atoms with Crippen molar-refractivity contribution >= 4 is 5.69 Å². The van der Waals surface area contributed by atoms with Gasteiger partial charge in [-0.2, -0.15) is 0 Å². The molecule has 3 heteroatoms. The molecule has 2 nitrogen and oxygen atoms in total. The average Bonchev–Trinajstić information content (AvgIpc) is 2.50. The second-order valence-electron chi connectivity index (χ2n) is 5.87. The molecule has 20 heavy (non-hydrogen) atoms. The molecule has 0 unspecified atom stereocenters. The lowest BCUT2D eigenvalue weighted by Crippen LogP contribution is -2.47. The van der Waals surface area contributed by atoms with Gasteiger partial charge in [0.15, 0.2) is 0 Å². The molecule has 1 aliphatic carbocycles. The topological polar surface area (TPSA) is 15.3 Å². The molecule has 1 N–H and O–H groups in total. The van der Waals surface area contributed by atoms with E-state index < -0.39 is 0 Å². The molecule has 0 aliphatic heterocycles. The normalized spacial score (nSPS) is 17.9. The zero-order valence-corrected chi connectivity index (χ0v) is 12.8. The summed E-state index contributed by atoms with van der Waals surface area (Å²) in [5.74, 6) is -0.114. The number of anilines is 1. The lowest BCUT2D eigenvalue weighted by molar-refractivity contribution is 0.232. The Balaban J connectivity index is 2.01. The van der Waals surface area contributed by atoms with Crippen LogP contribution in [0.3, 0.4) is 0 Å². The Labute approximate surface area is 122 Å². The van der Waals surface area contributed by atoms with E-state index in [1.165, 1.54) is 32.1 Å². The summed E-state index contributed by atoms with van der Waals surface area (Å²) in [6.45, 7) is 3.86. The molecule has 0 spiro atoms. The van der Waals surface area contributed by atoms with E-state index in [9.17, 15) is 4.39 Å². The predicted molar refractivity (Wildman–Crippen MR) is 83.8 cm³/mol. The first-order chi connectivity index (χ1) is 9.71. The lowest BCUT2D eigenvalue weighted by atomic mass is 9.79. The number of halogens is 1. The largest absolute Gasteiger partial charge is 0.369 e. The number of hydrogen-bond donors (Lipinski definition) is 1. The fraction of sp³-hybridized carbons (Fsp3) is 0.647. The molecule has 0 bridgehead atoms. The summed E-state index contributed by atoms with van der Waals surface area (Å²) in [6.07, 6.45) is 7.57. The van der Waals surface area contributed by atoms with E-state index in [1.807, 2.05) is 12.1 Å². The molecule has 2 rings (SSSR count).